The van der Waals surface area contributed by atoms with Gasteiger partial charge in [-0.1, -0.05) is 0 Å². The Morgan fingerprint density at radius 3 is 3.05 bits per heavy atom. The molecule has 2 heterocycles. The van der Waals surface area contributed by atoms with Crippen LogP contribution in [-0.4, -0.2) is 68.4 Å². The molecule has 1 aliphatic heterocycles. The van der Waals surface area contributed by atoms with Crippen molar-refractivity contribution in [2.75, 3.05) is 52.3 Å². The van der Waals surface area contributed by atoms with Crippen LogP contribution in [0.15, 0.2) is 12.4 Å². The standard InChI is InChI=1S/C14H24N4O2/c1-17(2)5-4-13-9-18(6-7-20-13)14-8-12(10-19-3)15-11-16-14/h8,11,13H,4-7,9-10H2,1-3H3/t13-/m0/s1. The molecule has 1 aromatic heterocycles. The molecule has 0 aliphatic carbocycles. The summed E-state index contributed by atoms with van der Waals surface area (Å²) in [5.41, 5.74) is 0.911. The zero-order chi connectivity index (χ0) is 14.4. The number of aromatic nitrogens is 2. The first kappa shape index (κ1) is 15.2. The van der Waals surface area contributed by atoms with Gasteiger partial charge in [-0.2, -0.15) is 0 Å². The second kappa shape index (κ2) is 7.52. The third-order valence-electron chi connectivity index (χ3n) is 3.36. The van der Waals surface area contributed by atoms with E-state index in [9.17, 15) is 0 Å². The number of hydrogen-bond donors (Lipinski definition) is 0. The Morgan fingerprint density at radius 1 is 1.45 bits per heavy atom. The minimum absolute atomic E-state index is 0.270. The fourth-order valence-electron chi connectivity index (χ4n) is 2.29. The Labute approximate surface area is 120 Å². The van der Waals surface area contributed by atoms with Crippen LogP contribution in [0.5, 0.6) is 0 Å². The highest BCUT2D eigenvalue weighted by Gasteiger charge is 2.21. The van der Waals surface area contributed by atoms with E-state index < -0.39 is 0 Å². The van der Waals surface area contributed by atoms with Crippen molar-refractivity contribution in [1.82, 2.24) is 14.9 Å². The first-order chi connectivity index (χ1) is 9.69. The quantitative estimate of drug-likeness (QED) is 0.767. The second-order valence-electron chi connectivity index (χ2n) is 5.33. The number of anilines is 1. The lowest BCUT2D eigenvalue weighted by atomic mass is 10.2. The Balaban J connectivity index is 1.95. The van der Waals surface area contributed by atoms with E-state index in [1.165, 1.54) is 0 Å². The van der Waals surface area contributed by atoms with Crippen molar-refractivity contribution in [3.05, 3.63) is 18.1 Å². The maximum absolute atomic E-state index is 5.82. The third-order valence-corrected chi connectivity index (χ3v) is 3.36. The molecule has 0 radical (unpaired) electrons. The van der Waals surface area contributed by atoms with Crippen LogP contribution >= 0.6 is 0 Å². The van der Waals surface area contributed by atoms with E-state index in [2.05, 4.69) is 33.9 Å². The molecule has 20 heavy (non-hydrogen) atoms. The number of morpholine rings is 1. The van der Waals surface area contributed by atoms with Crippen LogP contribution in [0.2, 0.25) is 0 Å². The zero-order valence-corrected chi connectivity index (χ0v) is 12.6. The maximum atomic E-state index is 5.82. The summed E-state index contributed by atoms with van der Waals surface area (Å²) < 4.78 is 10.9. The number of rotatable bonds is 6. The first-order valence-corrected chi connectivity index (χ1v) is 7.00. The van der Waals surface area contributed by atoms with Gasteiger partial charge < -0.3 is 19.3 Å². The zero-order valence-electron chi connectivity index (χ0n) is 12.6. The van der Waals surface area contributed by atoms with Gasteiger partial charge in [0, 0.05) is 32.8 Å². The van der Waals surface area contributed by atoms with E-state index in [0.717, 1.165) is 44.2 Å². The summed E-state index contributed by atoms with van der Waals surface area (Å²) in [6.45, 7) is 4.07. The molecule has 0 N–H and O–H groups in total. The van der Waals surface area contributed by atoms with Gasteiger partial charge in [0.05, 0.1) is 25.0 Å². The first-order valence-electron chi connectivity index (χ1n) is 7.00. The van der Waals surface area contributed by atoms with Gasteiger partial charge in [-0.15, -0.1) is 0 Å². The molecule has 0 amide bonds. The minimum atomic E-state index is 0.270. The van der Waals surface area contributed by atoms with Crippen LogP contribution in [0.25, 0.3) is 0 Å². The number of ether oxygens (including phenoxy) is 2. The van der Waals surface area contributed by atoms with Crippen molar-refractivity contribution in [2.45, 2.75) is 19.1 Å². The molecule has 1 aromatic rings. The average molecular weight is 280 g/mol. The summed E-state index contributed by atoms with van der Waals surface area (Å²) in [6, 6.07) is 2.00. The van der Waals surface area contributed by atoms with Gasteiger partial charge in [0.25, 0.3) is 0 Å². The topological polar surface area (TPSA) is 50.7 Å². The molecule has 0 saturated carbocycles. The van der Waals surface area contributed by atoms with Crippen molar-refractivity contribution in [3.8, 4) is 0 Å². The summed E-state index contributed by atoms with van der Waals surface area (Å²) in [5.74, 6) is 0.963. The van der Waals surface area contributed by atoms with Gasteiger partial charge in [0.15, 0.2) is 0 Å². The summed E-state index contributed by atoms with van der Waals surface area (Å²) in [6.07, 6.45) is 2.92. The highest BCUT2D eigenvalue weighted by molar-refractivity contribution is 5.39. The molecule has 1 aliphatic rings. The molecule has 1 fully saturated rings. The van der Waals surface area contributed by atoms with Gasteiger partial charge in [0.2, 0.25) is 0 Å². The van der Waals surface area contributed by atoms with Crippen molar-refractivity contribution in [2.24, 2.45) is 0 Å². The normalized spacial score (nSPS) is 19.6. The molecule has 6 nitrogen and oxygen atoms in total. The van der Waals surface area contributed by atoms with E-state index in [0.29, 0.717) is 6.61 Å². The summed E-state index contributed by atoms with van der Waals surface area (Å²) in [7, 11) is 5.85. The van der Waals surface area contributed by atoms with Crippen LogP contribution in [-0.2, 0) is 16.1 Å². The average Bonchev–Trinajstić information content (AvgIpc) is 2.46. The molecule has 0 spiro atoms. The fourth-order valence-corrected chi connectivity index (χ4v) is 2.29. The SMILES string of the molecule is COCc1cc(N2CCO[C@@H](CCN(C)C)C2)ncn1. The molecule has 6 heteroatoms. The van der Waals surface area contributed by atoms with Crippen LogP contribution in [0, 0.1) is 0 Å². The van der Waals surface area contributed by atoms with Crippen molar-refractivity contribution in [1.29, 1.82) is 0 Å². The largest absolute Gasteiger partial charge is 0.378 e. The smallest absolute Gasteiger partial charge is 0.132 e. The van der Waals surface area contributed by atoms with Crippen LogP contribution in [0.3, 0.4) is 0 Å². The number of methoxy groups -OCH3 is 1. The van der Waals surface area contributed by atoms with E-state index in [1.807, 2.05) is 6.07 Å². The van der Waals surface area contributed by atoms with Gasteiger partial charge in [-0.3, -0.25) is 0 Å². The molecule has 2 rings (SSSR count). The van der Waals surface area contributed by atoms with Crippen molar-refractivity contribution in [3.63, 3.8) is 0 Å². The van der Waals surface area contributed by atoms with Gasteiger partial charge in [-0.25, -0.2) is 9.97 Å². The van der Waals surface area contributed by atoms with Crippen LogP contribution in [0.1, 0.15) is 12.1 Å². The lowest BCUT2D eigenvalue weighted by molar-refractivity contribution is 0.0309. The van der Waals surface area contributed by atoms with Crippen molar-refractivity contribution >= 4 is 5.82 Å². The highest BCUT2D eigenvalue weighted by Crippen LogP contribution is 2.17. The molecule has 1 saturated heterocycles. The molecule has 1 atom stereocenters. The lowest BCUT2D eigenvalue weighted by Gasteiger charge is -2.34. The molecule has 0 unspecified atom stereocenters. The minimum Gasteiger partial charge on any atom is -0.378 e. The summed E-state index contributed by atoms with van der Waals surface area (Å²) in [5, 5.41) is 0. The second-order valence-corrected chi connectivity index (χ2v) is 5.33. The third kappa shape index (κ3) is 4.40. The van der Waals surface area contributed by atoms with Gasteiger partial charge >= 0.3 is 0 Å². The van der Waals surface area contributed by atoms with E-state index in [-0.39, 0.29) is 6.10 Å². The van der Waals surface area contributed by atoms with E-state index in [4.69, 9.17) is 9.47 Å². The Kier molecular flexibility index (Phi) is 5.70. The number of hydrogen-bond acceptors (Lipinski definition) is 6. The maximum Gasteiger partial charge on any atom is 0.132 e. The monoisotopic (exact) mass is 280 g/mol. The molecular weight excluding hydrogens is 256 g/mol. The lowest BCUT2D eigenvalue weighted by Crippen LogP contribution is -2.43. The summed E-state index contributed by atoms with van der Waals surface area (Å²) in [4.78, 5) is 13.0. The Bertz CT molecular complexity index is 414. The van der Waals surface area contributed by atoms with Crippen LogP contribution < -0.4 is 4.90 Å². The van der Waals surface area contributed by atoms with E-state index >= 15 is 0 Å². The Morgan fingerprint density at radius 2 is 2.30 bits per heavy atom. The highest BCUT2D eigenvalue weighted by atomic mass is 16.5. The van der Waals surface area contributed by atoms with Crippen molar-refractivity contribution < 1.29 is 9.47 Å². The fraction of sp³-hybridized carbons (Fsp3) is 0.714. The predicted octanol–water partition coefficient (Wildman–Crippen LogP) is 0.780. The van der Waals surface area contributed by atoms with Gasteiger partial charge in [-0.05, 0) is 20.5 Å². The van der Waals surface area contributed by atoms with Crippen LogP contribution in [0.4, 0.5) is 5.82 Å². The van der Waals surface area contributed by atoms with E-state index in [1.54, 1.807) is 13.4 Å². The molecular formula is C14H24N4O2. The number of nitrogens with zero attached hydrogens (tertiary/aromatic N) is 4. The predicted molar refractivity (Wildman–Crippen MR) is 77.9 cm³/mol. The Hall–Kier alpha value is -1.24. The molecule has 112 valence electrons. The van der Waals surface area contributed by atoms with Gasteiger partial charge in [0.1, 0.15) is 12.1 Å². The summed E-state index contributed by atoms with van der Waals surface area (Å²) >= 11 is 0. The molecule has 0 aromatic carbocycles. The molecule has 0 bridgehead atoms.